The second-order valence-corrected chi connectivity index (χ2v) is 5.83. The van der Waals surface area contributed by atoms with Crippen molar-refractivity contribution in [1.29, 1.82) is 0 Å². The molecule has 0 saturated carbocycles. The van der Waals surface area contributed by atoms with Crippen molar-refractivity contribution in [3.05, 3.63) is 62.9 Å². The molecule has 2 N–H and O–H groups in total. The van der Waals surface area contributed by atoms with E-state index in [9.17, 15) is 19.5 Å². The summed E-state index contributed by atoms with van der Waals surface area (Å²) >= 11 is 3.30. The van der Waals surface area contributed by atoms with E-state index in [1.54, 1.807) is 31.2 Å². The fraction of sp³-hybridized carbons (Fsp3) is 0.118. The van der Waals surface area contributed by atoms with Crippen LogP contribution in [-0.2, 0) is 9.53 Å². The number of aromatic nitrogens is 1. The largest absolute Gasteiger partial charge is 0.477 e. The number of rotatable bonds is 5. The monoisotopic (exact) mass is 391 g/mol. The van der Waals surface area contributed by atoms with E-state index >= 15 is 0 Å². The highest BCUT2D eigenvalue weighted by molar-refractivity contribution is 9.10. The normalized spacial score (nSPS) is 10.8. The molecule has 0 radical (unpaired) electrons. The van der Waals surface area contributed by atoms with Crippen molar-refractivity contribution in [2.45, 2.75) is 6.92 Å². The van der Waals surface area contributed by atoms with E-state index in [4.69, 9.17) is 0 Å². The molecule has 0 amide bonds. The summed E-state index contributed by atoms with van der Waals surface area (Å²) in [6.07, 6.45) is 2.45. The van der Waals surface area contributed by atoms with Crippen molar-refractivity contribution in [3.63, 3.8) is 0 Å². The fourth-order valence-corrected chi connectivity index (χ4v) is 2.64. The molecule has 0 saturated heterocycles. The van der Waals surface area contributed by atoms with Crippen LogP contribution in [0, 0.1) is 6.92 Å². The molecular weight excluding hydrogens is 378 g/mol. The molecular formula is C17H14BrNO5. The number of H-pyrrole nitrogens is 1. The van der Waals surface area contributed by atoms with E-state index in [-0.39, 0.29) is 22.7 Å². The summed E-state index contributed by atoms with van der Waals surface area (Å²) in [7, 11) is 1.23. The summed E-state index contributed by atoms with van der Waals surface area (Å²) in [5.41, 5.74) is 1.04. The Balaban J connectivity index is 2.58. The number of esters is 1. The standard InChI is InChI=1S/C17H14BrNO5/c1-9-14(16(21)10-4-3-5-11(18)8-10)12(6-7-13(20)24-2)19-15(9)17(22)23/h3-8,19H,1-2H3,(H,22,23)/b7-6+. The van der Waals surface area contributed by atoms with Crippen molar-refractivity contribution in [2.75, 3.05) is 7.11 Å². The van der Waals surface area contributed by atoms with Gasteiger partial charge in [-0.2, -0.15) is 0 Å². The van der Waals surface area contributed by atoms with Crippen molar-refractivity contribution in [1.82, 2.24) is 4.98 Å². The molecule has 0 fully saturated rings. The molecule has 2 aromatic rings. The molecule has 0 aliphatic rings. The van der Waals surface area contributed by atoms with E-state index < -0.39 is 11.9 Å². The number of hydrogen-bond donors (Lipinski definition) is 2. The maximum absolute atomic E-state index is 12.8. The highest BCUT2D eigenvalue weighted by Crippen LogP contribution is 2.24. The maximum atomic E-state index is 12.8. The van der Waals surface area contributed by atoms with Gasteiger partial charge in [-0.3, -0.25) is 4.79 Å². The number of benzene rings is 1. The molecule has 124 valence electrons. The van der Waals surface area contributed by atoms with E-state index in [1.807, 2.05) is 0 Å². The van der Waals surface area contributed by atoms with Gasteiger partial charge in [0.05, 0.1) is 18.4 Å². The number of carboxylic acids is 1. The zero-order chi connectivity index (χ0) is 17.9. The number of carboxylic acid groups (broad SMARTS) is 1. The summed E-state index contributed by atoms with van der Waals surface area (Å²) in [6, 6.07) is 6.76. The Morgan fingerprint density at radius 2 is 2.00 bits per heavy atom. The Bertz CT molecular complexity index is 851. The molecule has 0 unspecified atom stereocenters. The second-order valence-electron chi connectivity index (χ2n) is 4.91. The van der Waals surface area contributed by atoms with Crippen LogP contribution in [0.15, 0.2) is 34.8 Å². The lowest BCUT2D eigenvalue weighted by Gasteiger charge is -2.03. The van der Waals surface area contributed by atoms with Crippen molar-refractivity contribution >= 4 is 39.7 Å². The van der Waals surface area contributed by atoms with Gasteiger partial charge in [-0.05, 0) is 30.7 Å². The molecule has 1 aromatic carbocycles. The zero-order valence-corrected chi connectivity index (χ0v) is 14.5. The molecule has 7 heteroatoms. The molecule has 0 aliphatic carbocycles. The van der Waals surface area contributed by atoms with Crippen LogP contribution in [0.25, 0.3) is 6.08 Å². The molecule has 24 heavy (non-hydrogen) atoms. The third-order valence-corrected chi connectivity index (χ3v) is 3.89. The lowest BCUT2D eigenvalue weighted by molar-refractivity contribution is -0.134. The average Bonchev–Trinajstić information content (AvgIpc) is 2.88. The van der Waals surface area contributed by atoms with Gasteiger partial charge in [0.25, 0.3) is 0 Å². The number of aromatic amines is 1. The molecule has 0 aliphatic heterocycles. The summed E-state index contributed by atoms with van der Waals surface area (Å²) in [5.74, 6) is -2.14. The third-order valence-electron chi connectivity index (χ3n) is 3.39. The van der Waals surface area contributed by atoms with Gasteiger partial charge in [-0.1, -0.05) is 28.1 Å². The first kappa shape index (κ1) is 17.7. The van der Waals surface area contributed by atoms with Gasteiger partial charge in [0.2, 0.25) is 0 Å². The minimum atomic E-state index is -1.19. The number of carbonyl (C=O) groups is 3. The average molecular weight is 392 g/mol. The first-order valence-electron chi connectivity index (χ1n) is 6.87. The van der Waals surface area contributed by atoms with Crippen LogP contribution >= 0.6 is 15.9 Å². The van der Waals surface area contributed by atoms with Gasteiger partial charge < -0.3 is 14.8 Å². The summed E-state index contributed by atoms with van der Waals surface area (Å²) in [6.45, 7) is 1.54. The Hall–Kier alpha value is -2.67. The van der Waals surface area contributed by atoms with Crippen molar-refractivity contribution in [2.24, 2.45) is 0 Å². The number of methoxy groups -OCH3 is 1. The number of nitrogens with one attached hydrogen (secondary N) is 1. The lowest BCUT2D eigenvalue weighted by atomic mass is 9.99. The van der Waals surface area contributed by atoms with Gasteiger partial charge in [0.1, 0.15) is 5.69 Å². The number of ether oxygens (including phenoxy) is 1. The minimum Gasteiger partial charge on any atom is -0.477 e. The molecule has 1 heterocycles. The highest BCUT2D eigenvalue weighted by Gasteiger charge is 2.23. The number of ketones is 1. The quantitative estimate of drug-likeness (QED) is 0.463. The van der Waals surface area contributed by atoms with Gasteiger partial charge >= 0.3 is 11.9 Å². The lowest BCUT2D eigenvalue weighted by Crippen LogP contribution is -2.05. The second kappa shape index (κ2) is 7.27. The van der Waals surface area contributed by atoms with Crippen LogP contribution in [-0.4, -0.2) is 34.9 Å². The number of hydrogen-bond acceptors (Lipinski definition) is 4. The van der Waals surface area contributed by atoms with Crippen LogP contribution in [0.3, 0.4) is 0 Å². The predicted molar refractivity (Wildman–Crippen MR) is 91.1 cm³/mol. The van der Waals surface area contributed by atoms with E-state index in [2.05, 4.69) is 25.7 Å². The van der Waals surface area contributed by atoms with Crippen LogP contribution in [0.1, 0.15) is 37.7 Å². The molecule has 0 atom stereocenters. The minimum absolute atomic E-state index is 0.0992. The Labute approximate surface area is 146 Å². The van der Waals surface area contributed by atoms with Gasteiger partial charge in [0.15, 0.2) is 5.78 Å². The highest BCUT2D eigenvalue weighted by atomic mass is 79.9. The topological polar surface area (TPSA) is 96.5 Å². The van der Waals surface area contributed by atoms with E-state index in [0.29, 0.717) is 11.1 Å². The SMILES string of the molecule is COC(=O)/C=C/c1[nH]c(C(=O)O)c(C)c1C(=O)c1cccc(Br)c1. The summed E-state index contributed by atoms with van der Waals surface area (Å²) < 4.78 is 5.24. The summed E-state index contributed by atoms with van der Waals surface area (Å²) in [4.78, 5) is 38.1. The molecule has 1 aromatic heterocycles. The Kier molecular flexibility index (Phi) is 5.35. The first-order valence-corrected chi connectivity index (χ1v) is 7.66. The fourth-order valence-electron chi connectivity index (χ4n) is 2.24. The van der Waals surface area contributed by atoms with Crippen LogP contribution in [0.2, 0.25) is 0 Å². The summed E-state index contributed by atoms with van der Waals surface area (Å²) in [5, 5.41) is 9.26. The Morgan fingerprint density at radius 3 is 2.58 bits per heavy atom. The maximum Gasteiger partial charge on any atom is 0.352 e. The third kappa shape index (κ3) is 3.62. The van der Waals surface area contributed by atoms with Gasteiger partial charge in [0, 0.05) is 16.1 Å². The van der Waals surface area contributed by atoms with Crippen LogP contribution in [0.4, 0.5) is 0 Å². The van der Waals surface area contributed by atoms with Gasteiger partial charge in [-0.15, -0.1) is 0 Å². The van der Waals surface area contributed by atoms with E-state index in [1.165, 1.54) is 13.2 Å². The van der Waals surface area contributed by atoms with Crippen molar-refractivity contribution in [3.8, 4) is 0 Å². The van der Waals surface area contributed by atoms with Crippen LogP contribution < -0.4 is 0 Å². The number of carbonyl (C=O) groups excluding carboxylic acids is 2. The molecule has 6 nitrogen and oxygen atoms in total. The smallest absolute Gasteiger partial charge is 0.352 e. The van der Waals surface area contributed by atoms with E-state index in [0.717, 1.165) is 10.5 Å². The number of halogens is 1. The molecule has 2 rings (SSSR count). The zero-order valence-electron chi connectivity index (χ0n) is 12.9. The Morgan fingerprint density at radius 1 is 1.29 bits per heavy atom. The predicted octanol–water partition coefficient (Wildman–Crippen LogP) is 3.20. The molecule has 0 spiro atoms. The number of aromatic carboxylic acids is 1. The molecule has 0 bridgehead atoms. The van der Waals surface area contributed by atoms with Gasteiger partial charge in [-0.25, -0.2) is 9.59 Å². The van der Waals surface area contributed by atoms with Crippen molar-refractivity contribution < 1.29 is 24.2 Å². The first-order chi connectivity index (χ1) is 11.3. The van der Waals surface area contributed by atoms with Crippen LogP contribution in [0.5, 0.6) is 0 Å².